The molecular weight excluding hydrogens is 416 g/mol. The molecule has 2 aromatic carbocycles. The van der Waals surface area contributed by atoms with Crippen LogP contribution in [0.2, 0.25) is 0 Å². The van der Waals surface area contributed by atoms with Crippen LogP contribution in [0.5, 0.6) is 0 Å². The van der Waals surface area contributed by atoms with Crippen molar-refractivity contribution in [3.63, 3.8) is 0 Å². The van der Waals surface area contributed by atoms with Crippen molar-refractivity contribution in [2.75, 3.05) is 19.8 Å². The largest absolute Gasteiger partial charge is 0.470 e. The number of hydrogen-bond acceptors (Lipinski definition) is 7. The zero-order valence-corrected chi connectivity index (χ0v) is 19.7. The first kappa shape index (κ1) is 25.2. The normalized spacial score (nSPS) is 10.6. The molecule has 2 N–H and O–H groups in total. The fourth-order valence-electron chi connectivity index (χ4n) is 2.90. The number of nitrogen functional groups attached to an aromatic ring is 1. The molecule has 3 aromatic rings. The van der Waals surface area contributed by atoms with Gasteiger partial charge in [-0.15, -0.1) is 5.10 Å². The molecule has 1 aromatic heterocycles. The van der Waals surface area contributed by atoms with Crippen LogP contribution in [0.3, 0.4) is 0 Å². The summed E-state index contributed by atoms with van der Waals surface area (Å²) in [6.45, 7) is 9.43. The molecule has 0 unspecified atom stereocenters. The maximum absolute atomic E-state index is 12.1. The predicted octanol–water partition coefficient (Wildman–Crippen LogP) is 4.34. The molecule has 0 bridgehead atoms. The van der Waals surface area contributed by atoms with E-state index < -0.39 is 0 Å². The fourth-order valence-corrected chi connectivity index (χ4v) is 2.90. The van der Waals surface area contributed by atoms with Gasteiger partial charge in [-0.05, 0) is 30.7 Å². The summed E-state index contributed by atoms with van der Waals surface area (Å²) < 4.78 is 5.87. The Morgan fingerprint density at radius 1 is 1.12 bits per heavy atom. The second-order valence-corrected chi connectivity index (χ2v) is 7.01. The van der Waals surface area contributed by atoms with Crippen LogP contribution < -0.4 is 5.73 Å². The molecule has 0 aliphatic rings. The summed E-state index contributed by atoms with van der Waals surface area (Å²) in [7, 11) is 3.43. The first-order valence-electron chi connectivity index (χ1n) is 10.6. The number of aryl methyl sites for hydroxylation is 1. The summed E-state index contributed by atoms with van der Waals surface area (Å²) >= 11 is 0. The number of rotatable bonds is 6. The van der Waals surface area contributed by atoms with Gasteiger partial charge in [-0.1, -0.05) is 44.2 Å². The SMILES string of the molecule is C=N/N=C(\OCc1nc(-c2ccc(C(=O)N(C)C)cc2)cnc1N)c1ccccc1C.CC. The van der Waals surface area contributed by atoms with Crippen LogP contribution in [0.15, 0.2) is 64.9 Å². The third-order valence-corrected chi connectivity index (χ3v) is 4.59. The average molecular weight is 447 g/mol. The summed E-state index contributed by atoms with van der Waals surface area (Å²) in [5.41, 5.74) is 10.3. The molecule has 0 aliphatic heterocycles. The summed E-state index contributed by atoms with van der Waals surface area (Å²) in [4.78, 5) is 22.4. The molecule has 0 saturated heterocycles. The van der Waals surface area contributed by atoms with E-state index in [1.807, 2.05) is 57.2 Å². The summed E-state index contributed by atoms with van der Waals surface area (Å²) in [6.07, 6.45) is 1.59. The van der Waals surface area contributed by atoms with E-state index in [0.717, 1.165) is 16.7 Å². The van der Waals surface area contributed by atoms with Gasteiger partial charge in [0, 0.05) is 37.5 Å². The fraction of sp³-hybridized carbons (Fsp3) is 0.240. The van der Waals surface area contributed by atoms with Crippen LogP contribution in [0.25, 0.3) is 11.3 Å². The van der Waals surface area contributed by atoms with Crippen LogP contribution in [0.1, 0.15) is 41.0 Å². The van der Waals surface area contributed by atoms with E-state index in [0.29, 0.717) is 22.8 Å². The van der Waals surface area contributed by atoms with E-state index >= 15 is 0 Å². The molecule has 1 heterocycles. The molecule has 0 radical (unpaired) electrons. The van der Waals surface area contributed by atoms with Crippen LogP contribution >= 0.6 is 0 Å². The Morgan fingerprint density at radius 2 is 1.79 bits per heavy atom. The Balaban J connectivity index is 0.00000187. The van der Waals surface area contributed by atoms with Crippen molar-refractivity contribution in [3.05, 3.63) is 77.1 Å². The maximum atomic E-state index is 12.1. The van der Waals surface area contributed by atoms with Gasteiger partial charge in [-0.25, -0.2) is 9.97 Å². The minimum atomic E-state index is -0.0668. The highest BCUT2D eigenvalue weighted by molar-refractivity contribution is 5.95. The third kappa shape index (κ3) is 6.46. The van der Waals surface area contributed by atoms with Crippen LogP contribution in [-0.4, -0.2) is 47.5 Å². The molecule has 0 spiro atoms. The summed E-state index contributed by atoms with van der Waals surface area (Å²) in [5.74, 6) is 0.521. The molecular formula is C25H30N6O2. The highest BCUT2D eigenvalue weighted by atomic mass is 16.5. The number of amides is 1. The topological polar surface area (TPSA) is 106 Å². The summed E-state index contributed by atoms with van der Waals surface area (Å²) in [6, 6.07) is 14.8. The zero-order chi connectivity index (χ0) is 24.4. The van der Waals surface area contributed by atoms with Gasteiger partial charge in [-0.3, -0.25) is 4.79 Å². The number of ether oxygens (including phenoxy) is 1. The molecule has 172 valence electrons. The summed E-state index contributed by atoms with van der Waals surface area (Å²) in [5, 5.41) is 7.61. The van der Waals surface area contributed by atoms with Crippen LogP contribution in [0.4, 0.5) is 5.82 Å². The Labute approximate surface area is 194 Å². The van der Waals surface area contributed by atoms with Gasteiger partial charge in [0.25, 0.3) is 5.91 Å². The smallest absolute Gasteiger partial charge is 0.253 e. The third-order valence-electron chi connectivity index (χ3n) is 4.59. The van der Waals surface area contributed by atoms with Crippen LogP contribution in [0, 0.1) is 6.92 Å². The monoisotopic (exact) mass is 446 g/mol. The Morgan fingerprint density at radius 3 is 2.39 bits per heavy atom. The number of hydrogen-bond donors (Lipinski definition) is 1. The highest BCUT2D eigenvalue weighted by Crippen LogP contribution is 2.21. The van der Waals surface area contributed by atoms with Gasteiger partial charge in [0.15, 0.2) is 0 Å². The molecule has 0 aliphatic carbocycles. The Bertz CT molecular complexity index is 1120. The second-order valence-electron chi connectivity index (χ2n) is 7.01. The Kier molecular flexibility index (Phi) is 9.23. The van der Waals surface area contributed by atoms with Gasteiger partial charge < -0.3 is 15.4 Å². The molecule has 0 fully saturated rings. The van der Waals surface area contributed by atoms with Gasteiger partial charge in [0.1, 0.15) is 18.1 Å². The number of carbonyl (C=O) groups excluding carboxylic acids is 1. The quantitative estimate of drug-likeness (QED) is 0.344. The van der Waals surface area contributed by atoms with Gasteiger partial charge in [0.05, 0.1) is 11.9 Å². The van der Waals surface area contributed by atoms with Crippen molar-refractivity contribution in [3.8, 4) is 11.3 Å². The van der Waals surface area contributed by atoms with Crippen molar-refractivity contribution in [2.24, 2.45) is 10.2 Å². The van der Waals surface area contributed by atoms with E-state index in [1.54, 1.807) is 32.4 Å². The molecule has 0 saturated carbocycles. The average Bonchev–Trinajstić information content (AvgIpc) is 2.84. The predicted molar refractivity (Wildman–Crippen MR) is 133 cm³/mol. The second kappa shape index (κ2) is 12.1. The molecule has 33 heavy (non-hydrogen) atoms. The van der Waals surface area contributed by atoms with E-state index in [4.69, 9.17) is 10.5 Å². The standard InChI is InChI=1S/C23H24N6O2.C2H6/c1-15-7-5-6-8-18(15)22(28-25-2)31-14-20-21(24)26-13-19(27-20)16-9-11-17(12-10-16)23(30)29(3)4;1-2/h5-13H,2,14H2,1,3-4H3,(H2,24,26);1-2H3/b28-22-;. The Hall–Kier alpha value is -4.07. The molecule has 8 nitrogen and oxygen atoms in total. The lowest BCUT2D eigenvalue weighted by atomic mass is 10.1. The maximum Gasteiger partial charge on any atom is 0.253 e. The molecule has 1 amide bonds. The van der Waals surface area contributed by atoms with Crippen LogP contribution in [-0.2, 0) is 11.3 Å². The first-order chi connectivity index (χ1) is 15.9. The number of nitrogens with two attached hydrogens (primary N) is 1. The number of benzene rings is 2. The van der Waals surface area contributed by atoms with Gasteiger partial charge in [-0.2, -0.15) is 5.10 Å². The lowest BCUT2D eigenvalue weighted by Crippen LogP contribution is -2.21. The molecule has 0 atom stereocenters. The van der Waals surface area contributed by atoms with Crippen molar-refractivity contribution in [1.82, 2.24) is 14.9 Å². The highest BCUT2D eigenvalue weighted by Gasteiger charge is 2.13. The molecule has 8 heteroatoms. The first-order valence-corrected chi connectivity index (χ1v) is 10.6. The molecule has 3 rings (SSSR count). The lowest BCUT2D eigenvalue weighted by Gasteiger charge is -2.12. The van der Waals surface area contributed by atoms with Crippen molar-refractivity contribution < 1.29 is 9.53 Å². The van der Waals surface area contributed by atoms with E-state index in [1.165, 1.54) is 4.90 Å². The zero-order valence-electron chi connectivity index (χ0n) is 19.7. The lowest BCUT2D eigenvalue weighted by molar-refractivity contribution is 0.0827. The van der Waals surface area contributed by atoms with E-state index in [2.05, 4.69) is 26.9 Å². The number of aromatic nitrogens is 2. The van der Waals surface area contributed by atoms with Crippen molar-refractivity contribution >= 4 is 24.3 Å². The number of carbonyl (C=O) groups is 1. The van der Waals surface area contributed by atoms with Gasteiger partial charge in [0.2, 0.25) is 5.90 Å². The minimum absolute atomic E-state index is 0.0621. The van der Waals surface area contributed by atoms with Gasteiger partial charge >= 0.3 is 0 Å². The van der Waals surface area contributed by atoms with E-state index in [-0.39, 0.29) is 18.3 Å². The van der Waals surface area contributed by atoms with Crippen molar-refractivity contribution in [2.45, 2.75) is 27.4 Å². The van der Waals surface area contributed by atoms with Crippen molar-refractivity contribution in [1.29, 1.82) is 0 Å². The number of nitrogens with zero attached hydrogens (tertiary/aromatic N) is 5. The van der Waals surface area contributed by atoms with E-state index in [9.17, 15) is 4.79 Å². The number of anilines is 1. The minimum Gasteiger partial charge on any atom is -0.470 e.